The van der Waals surface area contributed by atoms with Crippen LogP contribution >= 0.6 is 11.3 Å². The summed E-state index contributed by atoms with van der Waals surface area (Å²) in [6, 6.07) is 16.3. The Morgan fingerprint density at radius 2 is 1.96 bits per heavy atom. The van der Waals surface area contributed by atoms with Gasteiger partial charge in [-0.25, -0.2) is 4.98 Å². The fourth-order valence-corrected chi connectivity index (χ4v) is 5.39. The number of benzene rings is 2. The van der Waals surface area contributed by atoms with Crippen molar-refractivity contribution in [3.05, 3.63) is 59.1 Å². The second kappa shape index (κ2) is 6.64. The van der Waals surface area contributed by atoms with Gasteiger partial charge in [0.25, 0.3) is 5.91 Å². The van der Waals surface area contributed by atoms with Crippen LogP contribution in [0.5, 0.6) is 5.75 Å². The fourth-order valence-electron chi connectivity index (χ4n) is 4.28. The molecule has 2 aromatic carbocycles. The highest BCUT2D eigenvalue weighted by molar-refractivity contribution is 7.18. The Hall–Kier alpha value is -2.40. The van der Waals surface area contributed by atoms with E-state index in [1.807, 2.05) is 41.3 Å². The number of piperidine rings is 1. The molecule has 3 aromatic rings. The monoisotopic (exact) mass is 378 g/mol. The first-order valence-electron chi connectivity index (χ1n) is 9.64. The van der Waals surface area contributed by atoms with E-state index in [1.54, 1.807) is 11.3 Å². The average Bonchev–Trinajstić information content (AvgIpc) is 3.29. The number of hydrogen-bond donors (Lipinski definition) is 0. The van der Waals surface area contributed by atoms with Gasteiger partial charge in [0, 0.05) is 18.0 Å². The maximum Gasteiger partial charge on any atom is 0.264 e. The van der Waals surface area contributed by atoms with Crippen LogP contribution in [-0.2, 0) is 4.79 Å². The van der Waals surface area contributed by atoms with Gasteiger partial charge in [0.2, 0.25) is 0 Å². The van der Waals surface area contributed by atoms with E-state index < -0.39 is 6.10 Å². The summed E-state index contributed by atoms with van der Waals surface area (Å²) in [5.74, 6) is 1.02. The molecule has 138 valence electrons. The molecule has 1 aromatic heterocycles. The maximum atomic E-state index is 13.5. The summed E-state index contributed by atoms with van der Waals surface area (Å²) < 4.78 is 7.25. The highest BCUT2D eigenvalue weighted by Crippen LogP contribution is 2.41. The standard InChI is InChI=1S/C22H22N2O2S/c1-14-15-8-2-4-11-18(15)26-20(14)22(25)24-13-7-6-10-17(24)21-23-16-9-3-5-12-19(16)27-21/h2-5,8-9,11-12,14,17,20H,6-7,10,13H2,1H3. The summed E-state index contributed by atoms with van der Waals surface area (Å²) in [6.45, 7) is 2.87. The molecule has 3 unspecified atom stereocenters. The molecule has 0 N–H and O–H groups in total. The van der Waals surface area contributed by atoms with Crippen molar-refractivity contribution in [1.29, 1.82) is 0 Å². The molecule has 0 saturated carbocycles. The smallest absolute Gasteiger partial charge is 0.264 e. The molecule has 0 bridgehead atoms. The van der Waals surface area contributed by atoms with Crippen LogP contribution in [-0.4, -0.2) is 28.4 Å². The van der Waals surface area contributed by atoms with Gasteiger partial charge in [0.15, 0.2) is 6.10 Å². The van der Waals surface area contributed by atoms with Gasteiger partial charge >= 0.3 is 0 Å². The molecule has 0 spiro atoms. The number of ether oxygens (including phenoxy) is 1. The number of para-hydroxylation sites is 2. The number of fused-ring (bicyclic) bond motifs is 2. The zero-order chi connectivity index (χ0) is 18.4. The second-order valence-corrected chi connectivity index (χ2v) is 8.49. The zero-order valence-corrected chi connectivity index (χ0v) is 16.1. The van der Waals surface area contributed by atoms with Crippen LogP contribution in [0.2, 0.25) is 0 Å². The van der Waals surface area contributed by atoms with Gasteiger partial charge in [-0.3, -0.25) is 4.79 Å². The van der Waals surface area contributed by atoms with E-state index in [0.717, 1.165) is 47.6 Å². The van der Waals surface area contributed by atoms with Gasteiger partial charge in [-0.2, -0.15) is 0 Å². The Labute approximate surface area is 162 Å². The van der Waals surface area contributed by atoms with Crippen molar-refractivity contribution in [2.24, 2.45) is 0 Å². The summed E-state index contributed by atoms with van der Waals surface area (Å²) in [5, 5.41) is 1.05. The summed E-state index contributed by atoms with van der Waals surface area (Å²) in [7, 11) is 0. The minimum atomic E-state index is -0.433. The molecule has 3 heterocycles. The molecule has 0 aliphatic carbocycles. The predicted octanol–water partition coefficient (Wildman–Crippen LogP) is 4.91. The Kier molecular flexibility index (Phi) is 4.12. The lowest BCUT2D eigenvalue weighted by molar-refractivity contribution is -0.142. The first kappa shape index (κ1) is 16.8. The van der Waals surface area contributed by atoms with Crippen LogP contribution in [0.25, 0.3) is 10.2 Å². The second-order valence-electron chi connectivity index (χ2n) is 7.43. The number of aromatic nitrogens is 1. The lowest BCUT2D eigenvalue weighted by Crippen LogP contribution is -2.46. The molecule has 1 saturated heterocycles. The van der Waals surface area contributed by atoms with Gasteiger partial charge in [-0.05, 0) is 37.5 Å². The third-order valence-electron chi connectivity index (χ3n) is 5.74. The van der Waals surface area contributed by atoms with Gasteiger partial charge in [0.1, 0.15) is 10.8 Å². The highest BCUT2D eigenvalue weighted by Gasteiger charge is 2.41. The molecule has 1 amide bonds. The number of hydrogen-bond acceptors (Lipinski definition) is 4. The maximum absolute atomic E-state index is 13.5. The third kappa shape index (κ3) is 2.81. The van der Waals surface area contributed by atoms with E-state index >= 15 is 0 Å². The SMILES string of the molecule is CC1c2ccccc2OC1C(=O)N1CCCCC1c1nc2ccccc2s1. The number of carbonyl (C=O) groups is 1. The molecule has 27 heavy (non-hydrogen) atoms. The number of thiazole rings is 1. The van der Waals surface area contributed by atoms with Gasteiger partial charge in [-0.1, -0.05) is 37.3 Å². The van der Waals surface area contributed by atoms with Gasteiger partial charge in [0.05, 0.1) is 16.3 Å². The van der Waals surface area contributed by atoms with E-state index in [9.17, 15) is 4.79 Å². The topological polar surface area (TPSA) is 42.4 Å². The van der Waals surface area contributed by atoms with Crippen LogP contribution < -0.4 is 4.74 Å². The van der Waals surface area contributed by atoms with Gasteiger partial charge < -0.3 is 9.64 Å². The molecule has 5 rings (SSSR count). The average molecular weight is 378 g/mol. The summed E-state index contributed by atoms with van der Waals surface area (Å²) in [6.07, 6.45) is 2.71. The number of carbonyl (C=O) groups excluding carboxylic acids is 1. The summed E-state index contributed by atoms with van der Waals surface area (Å²) in [4.78, 5) is 20.3. The largest absolute Gasteiger partial charge is 0.480 e. The van der Waals surface area contributed by atoms with Crippen molar-refractivity contribution < 1.29 is 9.53 Å². The van der Waals surface area contributed by atoms with Crippen molar-refractivity contribution in [1.82, 2.24) is 9.88 Å². The van der Waals surface area contributed by atoms with E-state index in [-0.39, 0.29) is 17.9 Å². The molecule has 2 aliphatic heterocycles. The Balaban J connectivity index is 1.45. The third-order valence-corrected chi connectivity index (χ3v) is 6.88. The predicted molar refractivity (Wildman–Crippen MR) is 107 cm³/mol. The molecule has 5 heteroatoms. The molecular formula is C22H22N2O2S. The molecular weight excluding hydrogens is 356 g/mol. The highest BCUT2D eigenvalue weighted by atomic mass is 32.1. The van der Waals surface area contributed by atoms with E-state index in [1.165, 1.54) is 4.70 Å². The fraction of sp³-hybridized carbons (Fsp3) is 0.364. The molecule has 2 aliphatic rings. The Bertz CT molecular complexity index is 966. The van der Waals surface area contributed by atoms with Crippen LogP contribution in [0.1, 0.15) is 48.7 Å². The van der Waals surface area contributed by atoms with Crippen molar-refractivity contribution in [3.63, 3.8) is 0 Å². The van der Waals surface area contributed by atoms with E-state index in [0.29, 0.717) is 0 Å². The summed E-state index contributed by atoms with van der Waals surface area (Å²) in [5.41, 5.74) is 2.15. The molecule has 4 nitrogen and oxygen atoms in total. The van der Waals surface area contributed by atoms with Crippen molar-refractivity contribution in [2.75, 3.05) is 6.54 Å². The van der Waals surface area contributed by atoms with Crippen LogP contribution in [0, 0.1) is 0 Å². The normalized spacial score (nSPS) is 24.6. The van der Waals surface area contributed by atoms with Crippen molar-refractivity contribution in [3.8, 4) is 5.75 Å². The zero-order valence-electron chi connectivity index (χ0n) is 15.3. The minimum Gasteiger partial charge on any atom is -0.480 e. The van der Waals surface area contributed by atoms with Crippen LogP contribution in [0.4, 0.5) is 0 Å². The molecule has 3 atom stereocenters. The van der Waals surface area contributed by atoms with Crippen molar-refractivity contribution >= 4 is 27.5 Å². The Morgan fingerprint density at radius 3 is 2.81 bits per heavy atom. The molecule has 1 fully saturated rings. The molecule has 0 radical (unpaired) electrons. The quantitative estimate of drug-likeness (QED) is 0.636. The van der Waals surface area contributed by atoms with E-state index in [2.05, 4.69) is 19.1 Å². The number of amides is 1. The first-order chi connectivity index (χ1) is 13.2. The number of nitrogens with zero attached hydrogens (tertiary/aromatic N) is 2. The van der Waals surface area contributed by atoms with Crippen LogP contribution in [0.15, 0.2) is 48.5 Å². The first-order valence-corrected chi connectivity index (χ1v) is 10.5. The lowest BCUT2D eigenvalue weighted by atomic mass is 9.95. The number of rotatable bonds is 2. The van der Waals surface area contributed by atoms with Gasteiger partial charge in [-0.15, -0.1) is 11.3 Å². The Morgan fingerprint density at radius 1 is 1.15 bits per heavy atom. The van der Waals surface area contributed by atoms with Crippen molar-refractivity contribution in [2.45, 2.75) is 44.2 Å². The lowest BCUT2D eigenvalue weighted by Gasteiger charge is -2.36. The van der Waals surface area contributed by atoms with E-state index in [4.69, 9.17) is 9.72 Å². The number of likely N-dealkylation sites (tertiary alicyclic amines) is 1. The van der Waals surface area contributed by atoms with Crippen LogP contribution in [0.3, 0.4) is 0 Å². The minimum absolute atomic E-state index is 0.0585. The summed E-state index contributed by atoms with van der Waals surface area (Å²) >= 11 is 1.71.